The summed E-state index contributed by atoms with van der Waals surface area (Å²) >= 11 is 0. The predicted octanol–water partition coefficient (Wildman–Crippen LogP) is 8.19. The normalized spacial score (nSPS) is 18.0. The number of benzene rings is 3. The molecule has 1 fully saturated rings. The van der Waals surface area contributed by atoms with Crippen molar-refractivity contribution in [2.45, 2.75) is 76.6 Å². The Bertz CT molecular complexity index is 1010. The molecule has 0 bridgehead atoms. The molecule has 3 nitrogen and oxygen atoms in total. The van der Waals surface area contributed by atoms with Crippen LogP contribution in [0.1, 0.15) is 80.9 Å². The zero-order chi connectivity index (χ0) is 22.6. The van der Waals surface area contributed by atoms with Gasteiger partial charge in [0.05, 0.1) is 12.0 Å². The van der Waals surface area contributed by atoms with Crippen LogP contribution in [0.25, 0.3) is 0 Å². The second-order valence-electron chi connectivity index (χ2n) is 9.42. The molecule has 0 aromatic heterocycles. The Morgan fingerprint density at radius 3 is 2.03 bits per heavy atom. The molecule has 1 heterocycles. The van der Waals surface area contributed by atoms with Gasteiger partial charge in [0.25, 0.3) is 0 Å². The van der Waals surface area contributed by atoms with Crippen LogP contribution in [0.5, 0.6) is 17.2 Å². The molecular formula is C30H34O3. The maximum atomic E-state index is 6.77. The van der Waals surface area contributed by atoms with Crippen LogP contribution in [0.4, 0.5) is 0 Å². The molecule has 1 aliphatic heterocycles. The van der Waals surface area contributed by atoms with Gasteiger partial charge in [0.1, 0.15) is 17.2 Å². The van der Waals surface area contributed by atoms with Crippen LogP contribution in [0.3, 0.4) is 0 Å². The molecule has 1 aliphatic carbocycles. The molecule has 172 valence electrons. The van der Waals surface area contributed by atoms with Crippen molar-refractivity contribution in [2.24, 2.45) is 0 Å². The Balaban J connectivity index is 1.50. The van der Waals surface area contributed by atoms with Gasteiger partial charge in [-0.1, -0.05) is 81.6 Å². The summed E-state index contributed by atoms with van der Waals surface area (Å²) in [5.74, 6) is 3.11. The molecule has 0 spiro atoms. The summed E-state index contributed by atoms with van der Waals surface area (Å²) in [6.07, 6.45) is 6.87. The second kappa shape index (κ2) is 10.0. The van der Waals surface area contributed by atoms with Gasteiger partial charge < -0.3 is 14.2 Å². The highest BCUT2D eigenvalue weighted by atomic mass is 16.7. The molecule has 33 heavy (non-hydrogen) atoms. The summed E-state index contributed by atoms with van der Waals surface area (Å²) in [6, 6.07) is 25.1. The predicted molar refractivity (Wildman–Crippen MR) is 132 cm³/mol. The molecule has 3 aromatic rings. The van der Waals surface area contributed by atoms with E-state index in [0.717, 1.165) is 47.6 Å². The Morgan fingerprint density at radius 2 is 1.42 bits per heavy atom. The smallest absolute Gasteiger partial charge is 0.211 e. The van der Waals surface area contributed by atoms with Gasteiger partial charge in [0.15, 0.2) is 0 Å². The fourth-order valence-electron chi connectivity index (χ4n) is 5.05. The molecular weight excluding hydrogens is 408 g/mol. The lowest BCUT2D eigenvalue weighted by atomic mass is 9.87. The van der Waals surface area contributed by atoms with Crippen molar-refractivity contribution >= 4 is 0 Å². The number of hydrogen-bond acceptors (Lipinski definition) is 3. The van der Waals surface area contributed by atoms with E-state index in [2.05, 4.69) is 62.4 Å². The van der Waals surface area contributed by atoms with E-state index >= 15 is 0 Å². The fourth-order valence-corrected chi connectivity index (χ4v) is 5.05. The van der Waals surface area contributed by atoms with Gasteiger partial charge >= 0.3 is 0 Å². The first-order valence-corrected chi connectivity index (χ1v) is 12.5. The van der Waals surface area contributed by atoms with E-state index in [-0.39, 0.29) is 12.0 Å². The summed E-state index contributed by atoms with van der Waals surface area (Å²) in [5, 5.41) is 0. The molecule has 0 saturated heterocycles. The van der Waals surface area contributed by atoms with Gasteiger partial charge in [0.2, 0.25) is 6.29 Å². The zero-order valence-corrected chi connectivity index (χ0v) is 19.7. The number of ether oxygens (including phenoxy) is 3. The van der Waals surface area contributed by atoms with E-state index in [4.69, 9.17) is 14.2 Å². The van der Waals surface area contributed by atoms with Gasteiger partial charge in [-0.25, -0.2) is 0 Å². The Morgan fingerprint density at radius 1 is 0.818 bits per heavy atom. The minimum absolute atomic E-state index is 0.0534. The number of hydrogen-bond donors (Lipinski definition) is 0. The summed E-state index contributed by atoms with van der Waals surface area (Å²) in [7, 11) is 0. The lowest BCUT2D eigenvalue weighted by Crippen LogP contribution is -2.35. The van der Waals surface area contributed by atoms with E-state index in [1.807, 2.05) is 24.3 Å². The molecule has 2 unspecified atom stereocenters. The average Bonchev–Trinajstić information content (AvgIpc) is 2.87. The molecule has 0 radical (unpaired) electrons. The van der Waals surface area contributed by atoms with Crippen LogP contribution in [0, 0.1) is 0 Å². The lowest BCUT2D eigenvalue weighted by Gasteiger charge is -2.36. The Labute approximate surface area is 197 Å². The molecule has 0 amide bonds. The first kappa shape index (κ1) is 22.0. The van der Waals surface area contributed by atoms with Gasteiger partial charge in [-0.15, -0.1) is 0 Å². The molecule has 2 aliphatic rings. The molecule has 3 heteroatoms. The quantitative estimate of drug-likeness (QED) is 0.345. The van der Waals surface area contributed by atoms with E-state index in [9.17, 15) is 0 Å². The standard InChI is InChI=1S/C30H34O3/c1-3-21(2)22-17-19-24(20-18-22)32-30(31-23-11-5-4-6-12-23)29-25-13-7-9-15-27(25)33-28-16-10-8-14-26(28)29/h7-10,13-21,23,29-30H,3-6,11-12H2,1-2H3. The van der Waals surface area contributed by atoms with Crippen molar-refractivity contribution in [1.82, 2.24) is 0 Å². The first-order valence-electron chi connectivity index (χ1n) is 12.5. The van der Waals surface area contributed by atoms with Gasteiger partial charge in [-0.3, -0.25) is 0 Å². The van der Waals surface area contributed by atoms with E-state index in [1.165, 1.54) is 24.8 Å². The third-order valence-electron chi connectivity index (χ3n) is 7.19. The van der Waals surface area contributed by atoms with Crippen molar-refractivity contribution in [2.75, 3.05) is 0 Å². The Hall–Kier alpha value is -2.78. The summed E-state index contributed by atoms with van der Waals surface area (Å²) in [6.45, 7) is 4.49. The molecule has 5 rings (SSSR count). The van der Waals surface area contributed by atoms with E-state index < -0.39 is 6.29 Å². The summed E-state index contributed by atoms with van der Waals surface area (Å²) in [4.78, 5) is 0. The topological polar surface area (TPSA) is 27.7 Å². The fraction of sp³-hybridized carbons (Fsp3) is 0.400. The largest absolute Gasteiger partial charge is 0.464 e. The Kier molecular flexibility index (Phi) is 6.68. The first-order chi connectivity index (χ1) is 16.2. The maximum absolute atomic E-state index is 6.77. The van der Waals surface area contributed by atoms with Crippen LogP contribution in [-0.2, 0) is 4.74 Å². The highest BCUT2D eigenvalue weighted by Crippen LogP contribution is 2.47. The number of rotatable bonds is 7. The minimum Gasteiger partial charge on any atom is -0.464 e. The highest BCUT2D eigenvalue weighted by molar-refractivity contribution is 5.54. The van der Waals surface area contributed by atoms with Crippen molar-refractivity contribution in [3.05, 3.63) is 89.5 Å². The van der Waals surface area contributed by atoms with Crippen LogP contribution in [-0.4, -0.2) is 12.4 Å². The SMILES string of the molecule is CCC(C)c1ccc(OC(OC2CCCCC2)C2c3ccccc3Oc3ccccc32)cc1. The van der Waals surface area contributed by atoms with E-state index in [1.54, 1.807) is 0 Å². The van der Waals surface area contributed by atoms with Crippen LogP contribution in [0.15, 0.2) is 72.8 Å². The van der Waals surface area contributed by atoms with Crippen LogP contribution < -0.4 is 9.47 Å². The van der Waals surface area contributed by atoms with Crippen LogP contribution >= 0.6 is 0 Å². The van der Waals surface area contributed by atoms with Crippen LogP contribution in [0.2, 0.25) is 0 Å². The maximum Gasteiger partial charge on any atom is 0.211 e. The second-order valence-corrected chi connectivity index (χ2v) is 9.42. The average molecular weight is 443 g/mol. The third kappa shape index (κ3) is 4.79. The van der Waals surface area contributed by atoms with Crippen molar-refractivity contribution in [3.8, 4) is 17.2 Å². The number of fused-ring (bicyclic) bond motifs is 2. The molecule has 2 atom stereocenters. The minimum atomic E-state index is -0.422. The van der Waals surface area contributed by atoms with Crippen molar-refractivity contribution in [3.63, 3.8) is 0 Å². The molecule has 0 N–H and O–H groups in total. The summed E-state index contributed by atoms with van der Waals surface area (Å²) in [5.41, 5.74) is 3.58. The molecule has 1 saturated carbocycles. The van der Waals surface area contributed by atoms with Gasteiger partial charge in [0, 0.05) is 11.1 Å². The third-order valence-corrected chi connectivity index (χ3v) is 7.19. The lowest BCUT2D eigenvalue weighted by molar-refractivity contribution is -0.136. The van der Waals surface area contributed by atoms with Gasteiger partial charge in [-0.05, 0) is 55.0 Å². The van der Waals surface area contributed by atoms with Crippen molar-refractivity contribution in [1.29, 1.82) is 0 Å². The highest BCUT2D eigenvalue weighted by Gasteiger charge is 2.37. The van der Waals surface area contributed by atoms with E-state index in [0.29, 0.717) is 5.92 Å². The zero-order valence-electron chi connectivity index (χ0n) is 19.7. The molecule has 3 aromatic carbocycles. The number of para-hydroxylation sites is 2. The summed E-state index contributed by atoms with van der Waals surface area (Å²) < 4.78 is 19.7. The van der Waals surface area contributed by atoms with Gasteiger partial charge in [-0.2, -0.15) is 0 Å². The van der Waals surface area contributed by atoms with Crippen molar-refractivity contribution < 1.29 is 14.2 Å². The monoisotopic (exact) mass is 442 g/mol.